The first-order valence-electron chi connectivity index (χ1n) is 6.56. The van der Waals surface area contributed by atoms with Crippen molar-refractivity contribution >= 4 is 5.69 Å². The molecule has 102 valence electrons. The van der Waals surface area contributed by atoms with Gasteiger partial charge in [-0.25, -0.2) is 8.78 Å². The number of nitrogens with one attached hydrogen (secondary N) is 1. The molecule has 0 amide bonds. The van der Waals surface area contributed by atoms with Crippen LogP contribution in [0.4, 0.5) is 14.5 Å². The summed E-state index contributed by atoms with van der Waals surface area (Å²) in [6, 6.07) is 3.82. The minimum absolute atomic E-state index is 0.00221. The molecular formula is C14H17F2N3. The van der Waals surface area contributed by atoms with E-state index in [0.29, 0.717) is 6.54 Å². The number of anilines is 1. The highest BCUT2D eigenvalue weighted by molar-refractivity contribution is 5.50. The summed E-state index contributed by atoms with van der Waals surface area (Å²) in [5, 5.41) is 11.4. The monoisotopic (exact) mass is 265 g/mol. The fourth-order valence-electron chi connectivity index (χ4n) is 2.33. The summed E-state index contributed by atoms with van der Waals surface area (Å²) < 4.78 is 27.1. The van der Waals surface area contributed by atoms with E-state index in [2.05, 4.69) is 10.2 Å². The number of halogens is 2. The third kappa shape index (κ3) is 3.65. The molecule has 0 saturated carbocycles. The van der Waals surface area contributed by atoms with E-state index in [0.717, 1.165) is 38.2 Å². The van der Waals surface area contributed by atoms with Gasteiger partial charge in [-0.2, -0.15) is 5.26 Å². The summed E-state index contributed by atoms with van der Waals surface area (Å²) >= 11 is 0. The molecule has 2 rings (SSSR count). The number of benzene rings is 1. The number of nitriles is 1. The molecule has 1 aromatic rings. The molecule has 0 aromatic heterocycles. The molecule has 0 atom stereocenters. The van der Waals surface area contributed by atoms with E-state index in [1.54, 1.807) is 6.07 Å². The largest absolute Gasteiger partial charge is 0.380 e. The standard InChI is InChI=1S/C14H17F2N3/c15-12-8-11(10-17)9-13(16)14(12)18-4-3-7-19-5-1-2-6-19/h8-9,18H,1-7H2. The van der Waals surface area contributed by atoms with E-state index >= 15 is 0 Å². The lowest BCUT2D eigenvalue weighted by Gasteiger charge is -2.15. The minimum Gasteiger partial charge on any atom is -0.380 e. The molecular weight excluding hydrogens is 248 g/mol. The van der Waals surface area contributed by atoms with Crippen molar-refractivity contribution in [1.82, 2.24) is 4.90 Å². The van der Waals surface area contributed by atoms with Gasteiger partial charge in [-0.3, -0.25) is 0 Å². The summed E-state index contributed by atoms with van der Waals surface area (Å²) in [7, 11) is 0. The number of nitrogens with zero attached hydrogens (tertiary/aromatic N) is 2. The smallest absolute Gasteiger partial charge is 0.150 e. The molecule has 5 heteroatoms. The molecule has 1 N–H and O–H groups in total. The average Bonchev–Trinajstić information content (AvgIpc) is 2.89. The van der Waals surface area contributed by atoms with Crippen LogP contribution in [0, 0.1) is 23.0 Å². The van der Waals surface area contributed by atoms with Gasteiger partial charge in [0.05, 0.1) is 11.6 Å². The normalized spacial score (nSPS) is 15.4. The Hall–Kier alpha value is -1.67. The van der Waals surface area contributed by atoms with Crippen LogP contribution >= 0.6 is 0 Å². The van der Waals surface area contributed by atoms with Gasteiger partial charge in [0.2, 0.25) is 0 Å². The maximum atomic E-state index is 13.6. The predicted molar refractivity (Wildman–Crippen MR) is 69.9 cm³/mol. The van der Waals surface area contributed by atoms with Crippen LogP contribution < -0.4 is 5.32 Å². The van der Waals surface area contributed by atoms with Crippen LogP contribution in [0.3, 0.4) is 0 Å². The third-order valence-corrected chi connectivity index (χ3v) is 3.32. The molecule has 1 heterocycles. The minimum atomic E-state index is -0.710. The highest BCUT2D eigenvalue weighted by Crippen LogP contribution is 2.20. The summed E-state index contributed by atoms with van der Waals surface area (Å²) in [6.45, 7) is 3.72. The summed E-state index contributed by atoms with van der Waals surface area (Å²) in [6.07, 6.45) is 3.33. The van der Waals surface area contributed by atoms with Gasteiger partial charge >= 0.3 is 0 Å². The molecule has 19 heavy (non-hydrogen) atoms. The van der Waals surface area contributed by atoms with E-state index < -0.39 is 11.6 Å². The zero-order valence-electron chi connectivity index (χ0n) is 10.8. The molecule has 0 unspecified atom stereocenters. The van der Waals surface area contributed by atoms with Crippen LogP contribution in [0.15, 0.2) is 12.1 Å². The zero-order valence-corrected chi connectivity index (χ0v) is 10.8. The van der Waals surface area contributed by atoms with Crippen molar-refractivity contribution in [1.29, 1.82) is 5.26 Å². The van der Waals surface area contributed by atoms with Crippen molar-refractivity contribution in [2.75, 3.05) is 31.5 Å². The van der Waals surface area contributed by atoms with Crippen molar-refractivity contribution in [3.05, 3.63) is 29.3 Å². The third-order valence-electron chi connectivity index (χ3n) is 3.32. The molecule has 0 bridgehead atoms. The molecule has 0 radical (unpaired) electrons. The van der Waals surface area contributed by atoms with Gasteiger partial charge in [0.1, 0.15) is 5.69 Å². The van der Waals surface area contributed by atoms with Crippen molar-refractivity contribution in [3.63, 3.8) is 0 Å². The Labute approximate surface area is 111 Å². The second-order valence-electron chi connectivity index (χ2n) is 4.76. The Morgan fingerprint density at radius 2 is 1.84 bits per heavy atom. The predicted octanol–water partition coefficient (Wildman–Crippen LogP) is 2.73. The maximum absolute atomic E-state index is 13.6. The first kappa shape index (κ1) is 13.8. The van der Waals surface area contributed by atoms with Gasteiger partial charge < -0.3 is 10.2 Å². The second-order valence-corrected chi connectivity index (χ2v) is 4.76. The molecule has 1 fully saturated rings. The lowest BCUT2D eigenvalue weighted by atomic mass is 10.2. The second kappa shape index (κ2) is 6.48. The van der Waals surface area contributed by atoms with E-state index in [1.165, 1.54) is 12.8 Å². The SMILES string of the molecule is N#Cc1cc(F)c(NCCCN2CCCC2)c(F)c1. The van der Waals surface area contributed by atoms with Gasteiger partial charge in [-0.15, -0.1) is 0 Å². The highest BCUT2D eigenvalue weighted by Gasteiger charge is 2.12. The van der Waals surface area contributed by atoms with Crippen LogP contribution in [0.25, 0.3) is 0 Å². The van der Waals surface area contributed by atoms with Crippen LogP contribution in [0.1, 0.15) is 24.8 Å². The Balaban J connectivity index is 1.84. The van der Waals surface area contributed by atoms with Crippen LogP contribution in [-0.2, 0) is 0 Å². The Morgan fingerprint density at radius 1 is 1.21 bits per heavy atom. The molecule has 1 aliphatic rings. The first-order valence-corrected chi connectivity index (χ1v) is 6.56. The first-order chi connectivity index (χ1) is 9.20. The van der Waals surface area contributed by atoms with Gasteiger partial charge in [-0.05, 0) is 51.0 Å². The Morgan fingerprint density at radius 3 is 2.42 bits per heavy atom. The fourth-order valence-corrected chi connectivity index (χ4v) is 2.33. The van der Waals surface area contributed by atoms with E-state index in [4.69, 9.17) is 5.26 Å². The van der Waals surface area contributed by atoms with Crippen molar-refractivity contribution < 1.29 is 8.78 Å². The molecule has 1 aromatic carbocycles. The lowest BCUT2D eigenvalue weighted by Crippen LogP contribution is -2.22. The van der Waals surface area contributed by atoms with Gasteiger partial charge in [0.15, 0.2) is 11.6 Å². The van der Waals surface area contributed by atoms with Crippen LogP contribution in [0.5, 0.6) is 0 Å². The molecule has 1 saturated heterocycles. The van der Waals surface area contributed by atoms with Crippen LogP contribution in [0.2, 0.25) is 0 Å². The van der Waals surface area contributed by atoms with Gasteiger partial charge in [0.25, 0.3) is 0 Å². The summed E-state index contributed by atoms with van der Waals surface area (Å²) in [5.74, 6) is -1.42. The highest BCUT2D eigenvalue weighted by atomic mass is 19.1. The van der Waals surface area contributed by atoms with Crippen molar-refractivity contribution in [2.45, 2.75) is 19.3 Å². The summed E-state index contributed by atoms with van der Waals surface area (Å²) in [4.78, 5) is 2.35. The van der Waals surface area contributed by atoms with Gasteiger partial charge in [0, 0.05) is 6.54 Å². The number of likely N-dealkylation sites (tertiary alicyclic amines) is 1. The summed E-state index contributed by atoms with van der Waals surface area (Å²) in [5.41, 5.74) is -0.141. The van der Waals surface area contributed by atoms with E-state index in [9.17, 15) is 8.78 Å². The van der Waals surface area contributed by atoms with Crippen molar-refractivity contribution in [3.8, 4) is 6.07 Å². The quantitative estimate of drug-likeness (QED) is 0.832. The maximum Gasteiger partial charge on any atom is 0.150 e. The topological polar surface area (TPSA) is 39.1 Å². The molecule has 3 nitrogen and oxygen atoms in total. The van der Waals surface area contributed by atoms with E-state index in [-0.39, 0.29) is 11.3 Å². The average molecular weight is 265 g/mol. The number of hydrogen-bond donors (Lipinski definition) is 1. The fraction of sp³-hybridized carbons (Fsp3) is 0.500. The zero-order chi connectivity index (χ0) is 13.7. The molecule has 1 aliphatic heterocycles. The van der Waals surface area contributed by atoms with Gasteiger partial charge in [-0.1, -0.05) is 0 Å². The number of rotatable bonds is 5. The molecule has 0 spiro atoms. The Kier molecular flexibility index (Phi) is 4.69. The Bertz CT molecular complexity index is 453. The number of hydrogen-bond acceptors (Lipinski definition) is 3. The van der Waals surface area contributed by atoms with Crippen LogP contribution in [-0.4, -0.2) is 31.1 Å². The molecule has 0 aliphatic carbocycles. The van der Waals surface area contributed by atoms with Crippen molar-refractivity contribution in [2.24, 2.45) is 0 Å². The van der Waals surface area contributed by atoms with E-state index in [1.807, 2.05) is 0 Å². The lowest BCUT2D eigenvalue weighted by molar-refractivity contribution is 0.337.